The molecule has 2 aromatic carbocycles. The second-order valence-electron chi connectivity index (χ2n) is 5.40. The second-order valence-corrected chi connectivity index (χ2v) is 6.21. The first kappa shape index (κ1) is 17.3. The van der Waals surface area contributed by atoms with Gasteiger partial charge in [0.2, 0.25) is 5.88 Å². The highest BCUT2D eigenvalue weighted by Crippen LogP contribution is 2.31. The summed E-state index contributed by atoms with van der Waals surface area (Å²) in [5, 5.41) is 4.50. The lowest BCUT2D eigenvalue weighted by molar-refractivity contribution is 0.464. The van der Waals surface area contributed by atoms with E-state index in [1.807, 2.05) is 37.3 Å². The highest BCUT2D eigenvalue weighted by molar-refractivity contribution is 6.31. The number of anilines is 2. The molecule has 3 aromatic rings. The normalized spacial score (nSPS) is 10.5. The van der Waals surface area contributed by atoms with Gasteiger partial charge in [-0.05, 0) is 42.3 Å². The first-order valence-corrected chi connectivity index (χ1v) is 8.32. The Kier molecular flexibility index (Phi) is 5.26. The van der Waals surface area contributed by atoms with E-state index in [4.69, 9.17) is 33.7 Å². The first-order chi connectivity index (χ1) is 12.0. The number of nitrogens with two attached hydrogens (primary N) is 1. The topological polar surface area (TPSA) is 73.1 Å². The maximum atomic E-state index is 6.16. The van der Waals surface area contributed by atoms with Gasteiger partial charge in [-0.25, -0.2) is 4.98 Å². The third kappa shape index (κ3) is 4.13. The number of hydrogen-bond donors (Lipinski definition) is 2. The van der Waals surface area contributed by atoms with E-state index in [0.717, 1.165) is 11.1 Å². The highest BCUT2D eigenvalue weighted by Gasteiger charge is 2.11. The van der Waals surface area contributed by atoms with Crippen molar-refractivity contribution in [3.05, 3.63) is 70.0 Å². The molecule has 128 valence electrons. The molecule has 1 heterocycles. The number of halogens is 2. The summed E-state index contributed by atoms with van der Waals surface area (Å²) < 4.78 is 5.76. The van der Waals surface area contributed by atoms with Gasteiger partial charge in [0.05, 0.1) is 0 Å². The van der Waals surface area contributed by atoms with Crippen molar-refractivity contribution in [1.82, 2.24) is 9.97 Å². The van der Waals surface area contributed by atoms with E-state index < -0.39 is 0 Å². The summed E-state index contributed by atoms with van der Waals surface area (Å²) in [5.41, 5.74) is 8.30. The van der Waals surface area contributed by atoms with Crippen molar-refractivity contribution in [1.29, 1.82) is 0 Å². The molecule has 7 heteroatoms. The Morgan fingerprint density at radius 1 is 1.08 bits per heavy atom. The molecule has 0 aliphatic heterocycles. The molecule has 0 bridgehead atoms. The fraction of sp³-hybridized carbons (Fsp3) is 0.111. The van der Waals surface area contributed by atoms with Crippen molar-refractivity contribution in [2.45, 2.75) is 13.5 Å². The summed E-state index contributed by atoms with van der Waals surface area (Å²) >= 11 is 12.2. The number of benzene rings is 2. The number of nitrogens with zero attached hydrogens (tertiary/aromatic N) is 2. The van der Waals surface area contributed by atoms with Gasteiger partial charge < -0.3 is 15.8 Å². The maximum Gasteiger partial charge on any atom is 0.248 e. The summed E-state index contributed by atoms with van der Waals surface area (Å²) in [4.78, 5) is 8.27. The van der Waals surface area contributed by atoms with E-state index in [-0.39, 0.29) is 5.88 Å². The van der Waals surface area contributed by atoms with Crippen LogP contribution < -0.4 is 15.8 Å². The van der Waals surface area contributed by atoms with E-state index in [1.54, 1.807) is 12.1 Å². The molecule has 0 spiro atoms. The molecule has 0 saturated carbocycles. The quantitative estimate of drug-likeness (QED) is 0.651. The SMILES string of the molecule is Cc1cc(Oc2ncnc(NCc3ccccc3Cl)c2N)ccc1Cl. The lowest BCUT2D eigenvalue weighted by Crippen LogP contribution is -2.07. The number of ether oxygens (including phenoxy) is 1. The summed E-state index contributed by atoms with van der Waals surface area (Å²) in [6.07, 6.45) is 1.39. The van der Waals surface area contributed by atoms with Gasteiger partial charge in [-0.15, -0.1) is 0 Å². The Balaban J connectivity index is 1.77. The largest absolute Gasteiger partial charge is 0.437 e. The predicted molar refractivity (Wildman–Crippen MR) is 101 cm³/mol. The van der Waals surface area contributed by atoms with Crippen molar-refractivity contribution in [3.63, 3.8) is 0 Å². The molecule has 3 N–H and O–H groups in total. The average Bonchev–Trinajstić information content (AvgIpc) is 2.60. The lowest BCUT2D eigenvalue weighted by atomic mass is 10.2. The third-order valence-corrected chi connectivity index (χ3v) is 4.39. The summed E-state index contributed by atoms with van der Waals surface area (Å²) in [6.45, 7) is 2.38. The Hall–Kier alpha value is -2.50. The van der Waals surface area contributed by atoms with Gasteiger partial charge >= 0.3 is 0 Å². The monoisotopic (exact) mass is 374 g/mol. The molecule has 5 nitrogen and oxygen atoms in total. The molecule has 0 atom stereocenters. The van der Waals surface area contributed by atoms with Crippen LogP contribution in [0, 0.1) is 6.92 Å². The minimum Gasteiger partial charge on any atom is -0.437 e. The molecule has 1 aromatic heterocycles. The molecule has 0 saturated heterocycles. The first-order valence-electron chi connectivity index (χ1n) is 7.56. The van der Waals surface area contributed by atoms with Crippen molar-refractivity contribution >= 4 is 34.7 Å². The van der Waals surface area contributed by atoms with Crippen LogP contribution in [0.25, 0.3) is 0 Å². The number of aromatic nitrogens is 2. The van der Waals surface area contributed by atoms with Gasteiger partial charge in [0.25, 0.3) is 0 Å². The fourth-order valence-corrected chi connectivity index (χ4v) is 2.53. The van der Waals surface area contributed by atoms with Crippen LogP contribution in [-0.4, -0.2) is 9.97 Å². The highest BCUT2D eigenvalue weighted by atomic mass is 35.5. The van der Waals surface area contributed by atoms with Gasteiger partial charge in [0.1, 0.15) is 17.8 Å². The van der Waals surface area contributed by atoms with Crippen LogP contribution in [0.5, 0.6) is 11.6 Å². The number of nitrogens with one attached hydrogen (secondary N) is 1. The van der Waals surface area contributed by atoms with E-state index in [2.05, 4.69) is 15.3 Å². The molecule has 0 aliphatic rings. The molecule has 0 aliphatic carbocycles. The number of nitrogen functional groups attached to an aromatic ring is 1. The van der Waals surface area contributed by atoms with E-state index in [0.29, 0.717) is 33.8 Å². The molecular weight excluding hydrogens is 359 g/mol. The zero-order valence-electron chi connectivity index (χ0n) is 13.5. The Bertz CT molecular complexity index is 902. The van der Waals surface area contributed by atoms with E-state index in [9.17, 15) is 0 Å². The van der Waals surface area contributed by atoms with Crippen LogP contribution in [0.4, 0.5) is 11.5 Å². The Morgan fingerprint density at radius 2 is 1.88 bits per heavy atom. The smallest absolute Gasteiger partial charge is 0.248 e. The number of hydrogen-bond acceptors (Lipinski definition) is 5. The van der Waals surface area contributed by atoms with Crippen LogP contribution in [-0.2, 0) is 6.54 Å². The minimum atomic E-state index is 0.276. The zero-order chi connectivity index (χ0) is 17.8. The summed E-state index contributed by atoms with van der Waals surface area (Å²) in [7, 11) is 0. The van der Waals surface area contributed by atoms with Crippen LogP contribution in [0.15, 0.2) is 48.8 Å². The molecule has 0 unspecified atom stereocenters. The van der Waals surface area contributed by atoms with Crippen LogP contribution in [0.3, 0.4) is 0 Å². The van der Waals surface area contributed by atoms with Crippen molar-refractivity contribution < 1.29 is 4.74 Å². The Labute approximate surface area is 155 Å². The van der Waals surface area contributed by atoms with Gasteiger partial charge in [-0.2, -0.15) is 4.98 Å². The van der Waals surface area contributed by atoms with Gasteiger partial charge in [0, 0.05) is 16.6 Å². The molecule has 0 amide bonds. The molecule has 3 rings (SSSR count). The maximum absolute atomic E-state index is 6.16. The number of aryl methyl sites for hydroxylation is 1. The third-order valence-electron chi connectivity index (χ3n) is 3.60. The predicted octanol–water partition coefficient (Wildman–Crippen LogP) is 5.08. The molecule has 0 radical (unpaired) electrons. The van der Waals surface area contributed by atoms with Gasteiger partial charge in [-0.1, -0.05) is 41.4 Å². The molecule has 0 fully saturated rings. The average molecular weight is 375 g/mol. The van der Waals surface area contributed by atoms with E-state index in [1.165, 1.54) is 6.33 Å². The van der Waals surface area contributed by atoms with Crippen molar-refractivity contribution in [3.8, 4) is 11.6 Å². The zero-order valence-corrected chi connectivity index (χ0v) is 15.0. The van der Waals surface area contributed by atoms with E-state index >= 15 is 0 Å². The molecule has 25 heavy (non-hydrogen) atoms. The Morgan fingerprint density at radius 3 is 2.64 bits per heavy atom. The van der Waals surface area contributed by atoms with Crippen LogP contribution >= 0.6 is 23.2 Å². The van der Waals surface area contributed by atoms with Crippen molar-refractivity contribution in [2.24, 2.45) is 0 Å². The minimum absolute atomic E-state index is 0.276. The molecular formula is C18H16Cl2N4O. The van der Waals surface area contributed by atoms with Crippen molar-refractivity contribution in [2.75, 3.05) is 11.1 Å². The number of rotatable bonds is 5. The fourth-order valence-electron chi connectivity index (χ4n) is 2.21. The summed E-state index contributed by atoms with van der Waals surface area (Å²) in [6, 6.07) is 12.9. The van der Waals surface area contributed by atoms with Crippen LogP contribution in [0.1, 0.15) is 11.1 Å². The standard InChI is InChI=1S/C18H16Cl2N4O/c1-11-8-13(6-7-14(11)19)25-18-16(21)17(23-10-24-18)22-9-12-4-2-3-5-15(12)20/h2-8,10H,9,21H2,1H3,(H,22,23,24). The second kappa shape index (κ2) is 7.59. The lowest BCUT2D eigenvalue weighted by Gasteiger charge is -2.12. The summed E-state index contributed by atoms with van der Waals surface area (Å²) in [5.74, 6) is 1.36. The van der Waals surface area contributed by atoms with Gasteiger partial charge in [-0.3, -0.25) is 0 Å². The van der Waals surface area contributed by atoms with Gasteiger partial charge in [0.15, 0.2) is 5.82 Å². The van der Waals surface area contributed by atoms with Crippen LogP contribution in [0.2, 0.25) is 10.0 Å².